The maximum absolute atomic E-state index is 12.5. The summed E-state index contributed by atoms with van der Waals surface area (Å²) in [5, 5.41) is 0. The van der Waals surface area contributed by atoms with Crippen molar-refractivity contribution in [1.82, 2.24) is 14.3 Å². The van der Waals surface area contributed by atoms with Crippen LogP contribution in [-0.4, -0.2) is 35.8 Å². The van der Waals surface area contributed by atoms with E-state index in [0.29, 0.717) is 18.0 Å². The van der Waals surface area contributed by atoms with E-state index in [4.69, 9.17) is 0 Å². The van der Waals surface area contributed by atoms with Gasteiger partial charge in [-0.1, -0.05) is 18.2 Å². The number of hydrogen-bond donors (Lipinski definition) is 1. The second-order valence-electron chi connectivity index (χ2n) is 5.11. The minimum absolute atomic E-state index is 0.155. The molecule has 0 radical (unpaired) electrons. The molecular weight excluding hydrogens is 274 g/mol. The number of nitrogens with zero attached hydrogens (tertiary/aromatic N) is 2. The van der Waals surface area contributed by atoms with Gasteiger partial charge in [-0.3, -0.25) is 0 Å². The molecule has 106 valence electrons. The molecule has 1 aliphatic rings. The molecule has 2 aromatic rings. The fourth-order valence-electron chi connectivity index (χ4n) is 2.55. The molecule has 20 heavy (non-hydrogen) atoms. The summed E-state index contributed by atoms with van der Waals surface area (Å²) in [4.78, 5) is 7.86. The van der Waals surface area contributed by atoms with Gasteiger partial charge in [0.25, 0.3) is 0 Å². The fraction of sp³-hybridized carbons (Fsp3) is 0.357. The number of aromatic amines is 1. The Morgan fingerprint density at radius 1 is 1.30 bits per heavy atom. The van der Waals surface area contributed by atoms with Gasteiger partial charge >= 0.3 is 0 Å². The fourth-order valence-corrected chi connectivity index (χ4v) is 4.07. The largest absolute Gasteiger partial charge is 0.346 e. The van der Waals surface area contributed by atoms with Crippen LogP contribution in [0.4, 0.5) is 0 Å². The number of imidazole rings is 1. The molecule has 5 nitrogen and oxygen atoms in total. The van der Waals surface area contributed by atoms with E-state index < -0.39 is 10.0 Å². The van der Waals surface area contributed by atoms with E-state index in [9.17, 15) is 8.42 Å². The highest BCUT2D eigenvalue weighted by atomic mass is 32.2. The number of rotatable bonds is 3. The quantitative estimate of drug-likeness (QED) is 0.939. The van der Waals surface area contributed by atoms with Crippen LogP contribution in [0.25, 0.3) is 0 Å². The first-order valence-electron chi connectivity index (χ1n) is 6.64. The third kappa shape index (κ3) is 2.36. The van der Waals surface area contributed by atoms with E-state index in [-0.39, 0.29) is 5.92 Å². The Labute approximate surface area is 118 Å². The first-order valence-corrected chi connectivity index (χ1v) is 8.08. The maximum Gasteiger partial charge on any atom is 0.243 e. The molecule has 0 bridgehead atoms. The van der Waals surface area contributed by atoms with Crippen molar-refractivity contribution in [3.05, 3.63) is 48.0 Å². The van der Waals surface area contributed by atoms with Crippen molar-refractivity contribution in [2.24, 2.45) is 0 Å². The lowest BCUT2D eigenvalue weighted by molar-refractivity contribution is 0.471. The van der Waals surface area contributed by atoms with Gasteiger partial charge in [0.2, 0.25) is 10.0 Å². The summed E-state index contributed by atoms with van der Waals surface area (Å²) in [6, 6.07) is 8.59. The molecule has 1 saturated heterocycles. The van der Waals surface area contributed by atoms with Gasteiger partial charge in [-0.15, -0.1) is 0 Å². The minimum Gasteiger partial charge on any atom is -0.346 e. The SMILES string of the molecule is Cc1cnc([C@H]2CCN(S(=O)(=O)c3ccccc3)C2)[nH]1. The Morgan fingerprint density at radius 3 is 2.70 bits per heavy atom. The van der Waals surface area contributed by atoms with Gasteiger partial charge in [-0.05, 0) is 25.5 Å². The van der Waals surface area contributed by atoms with Crippen LogP contribution >= 0.6 is 0 Å². The smallest absolute Gasteiger partial charge is 0.243 e. The van der Waals surface area contributed by atoms with Crippen LogP contribution in [0.3, 0.4) is 0 Å². The van der Waals surface area contributed by atoms with E-state index in [1.54, 1.807) is 34.8 Å². The molecule has 1 atom stereocenters. The Bertz CT molecular complexity index is 694. The number of aryl methyl sites for hydroxylation is 1. The van der Waals surface area contributed by atoms with Crippen LogP contribution in [0.2, 0.25) is 0 Å². The number of sulfonamides is 1. The summed E-state index contributed by atoms with van der Waals surface area (Å²) in [5.74, 6) is 1.04. The van der Waals surface area contributed by atoms with Gasteiger partial charge < -0.3 is 4.98 Å². The second kappa shape index (κ2) is 5.03. The van der Waals surface area contributed by atoms with E-state index in [0.717, 1.165) is 17.9 Å². The average molecular weight is 291 g/mol. The van der Waals surface area contributed by atoms with Gasteiger partial charge in [-0.2, -0.15) is 4.31 Å². The van der Waals surface area contributed by atoms with Crippen LogP contribution < -0.4 is 0 Å². The molecule has 0 spiro atoms. The lowest BCUT2D eigenvalue weighted by atomic mass is 10.1. The highest BCUT2D eigenvalue weighted by Gasteiger charge is 2.34. The van der Waals surface area contributed by atoms with E-state index in [2.05, 4.69) is 9.97 Å². The molecule has 0 amide bonds. The van der Waals surface area contributed by atoms with Crippen LogP contribution in [0.1, 0.15) is 23.9 Å². The van der Waals surface area contributed by atoms with Crippen molar-refractivity contribution >= 4 is 10.0 Å². The van der Waals surface area contributed by atoms with Crippen molar-refractivity contribution in [3.63, 3.8) is 0 Å². The van der Waals surface area contributed by atoms with E-state index in [1.165, 1.54) is 0 Å². The highest BCUT2D eigenvalue weighted by Crippen LogP contribution is 2.29. The number of H-pyrrole nitrogens is 1. The molecule has 1 aliphatic heterocycles. The van der Waals surface area contributed by atoms with Crippen molar-refractivity contribution in [1.29, 1.82) is 0 Å². The summed E-state index contributed by atoms with van der Waals surface area (Å²) in [5.41, 5.74) is 1.00. The summed E-state index contributed by atoms with van der Waals surface area (Å²) >= 11 is 0. The first kappa shape index (κ1) is 13.3. The number of aromatic nitrogens is 2. The van der Waals surface area contributed by atoms with Gasteiger partial charge in [0.05, 0.1) is 4.90 Å². The zero-order valence-corrected chi connectivity index (χ0v) is 12.1. The number of hydrogen-bond acceptors (Lipinski definition) is 3. The maximum atomic E-state index is 12.5. The summed E-state index contributed by atoms with van der Waals surface area (Å²) in [6.45, 7) is 2.98. The predicted molar refractivity (Wildman–Crippen MR) is 75.9 cm³/mol. The van der Waals surface area contributed by atoms with Crippen LogP contribution in [0.15, 0.2) is 41.4 Å². The lowest BCUT2D eigenvalue weighted by Crippen LogP contribution is -2.28. The summed E-state index contributed by atoms with van der Waals surface area (Å²) in [7, 11) is -3.38. The molecule has 2 heterocycles. The number of nitrogens with one attached hydrogen (secondary N) is 1. The summed E-state index contributed by atoms with van der Waals surface area (Å²) in [6.07, 6.45) is 2.59. The second-order valence-corrected chi connectivity index (χ2v) is 7.05. The molecule has 1 aromatic heterocycles. The third-order valence-corrected chi connectivity index (χ3v) is 5.52. The third-order valence-electron chi connectivity index (χ3n) is 3.64. The van der Waals surface area contributed by atoms with E-state index >= 15 is 0 Å². The van der Waals surface area contributed by atoms with Crippen molar-refractivity contribution < 1.29 is 8.42 Å². The predicted octanol–water partition coefficient (Wildman–Crippen LogP) is 1.90. The molecule has 1 fully saturated rings. The van der Waals surface area contributed by atoms with Crippen molar-refractivity contribution in [2.75, 3.05) is 13.1 Å². The standard InChI is InChI=1S/C14H17N3O2S/c1-11-9-15-14(16-11)12-7-8-17(10-12)20(18,19)13-5-3-2-4-6-13/h2-6,9,12H,7-8,10H2,1H3,(H,15,16)/t12-/m0/s1. The highest BCUT2D eigenvalue weighted by molar-refractivity contribution is 7.89. The molecule has 1 aromatic carbocycles. The van der Waals surface area contributed by atoms with E-state index in [1.807, 2.05) is 13.0 Å². The molecule has 3 rings (SSSR count). The van der Waals surface area contributed by atoms with Gasteiger partial charge in [0.1, 0.15) is 5.82 Å². The van der Waals surface area contributed by atoms with Gasteiger partial charge in [0.15, 0.2) is 0 Å². The molecule has 0 saturated carbocycles. The normalized spacial score (nSPS) is 20.4. The van der Waals surface area contributed by atoms with Crippen molar-refractivity contribution in [2.45, 2.75) is 24.2 Å². The average Bonchev–Trinajstić information content (AvgIpc) is 3.08. The molecule has 1 N–H and O–H groups in total. The summed E-state index contributed by atoms with van der Waals surface area (Å²) < 4.78 is 26.6. The number of benzene rings is 1. The van der Waals surface area contributed by atoms with Crippen LogP contribution in [0.5, 0.6) is 0 Å². The van der Waals surface area contributed by atoms with Crippen LogP contribution in [0, 0.1) is 6.92 Å². The lowest BCUT2D eigenvalue weighted by Gasteiger charge is -2.16. The molecule has 0 aliphatic carbocycles. The topological polar surface area (TPSA) is 66.1 Å². The Balaban J connectivity index is 1.80. The zero-order chi connectivity index (χ0) is 14.2. The molecular formula is C14H17N3O2S. The Hall–Kier alpha value is -1.66. The van der Waals surface area contributed by atoms with Crippen LogP contribution in [-0.2, 0) is 10.0 Å². The Kier molecular flexibility index (Phi) is 3.35. The molecule has 6 heteroatoms. The first-order chi connectivity index (χ1) is 9.57. The van der Waals surface area contributed by atoms with Gasteiger partial charge in [-0.25, -0.2) is 13.4 Å². The van der Waals surface area contributed by atoms with Gasteiger partial charge in [0, 0.05) is 30.9 Å². The Morgan fingerprint density at radius 2 is 2.05 bits per heavy atom. The zero-order valence-electron chi connectivity index (χ0n) is 11.3. The minimum atomic E-state index is -3.38. The monoisotopic (exact) mass is 291 g/mol. The van der Waals surface area contributed by atoms with Crippen molar-refractivity contribution in [3.8, 4) is 0 Å². The molecule has 0 unspecified atom stereocenters.